The first-order chi connectivity index (χ1) is 16.7. The van der Waals surface area contributed by atoms with E-state index in [4.69, 9.17) is 11.6 Å². The van der Waals surface area contributed by atoms with E-state index in [0.717, 1.165) is 9.87 Å². The lowest BCUT2D eigenvalue weighted by molar-refractivity contribution is -0.138. The second-order valence-electron chi connectivity index (χ2n) is 7.92. The molecule has 0 unspecified atom stereocenters. The second kappa shape index (κ2) is 11.9. The van der Waals surface area contributed by atoms with Gasteiger partial charge >= 0.3 is 0 Å². The smallest absolute Gasteiger partial charge is 0.264 e. The molecule has 0 aliphatic heterocycles. The number of benzene rings is 3. The highest BCUT2D eigenvalue weighted by atomic mass is 35.5. The first-order valence-corrected chi connectivity index (χ1v) is 12.9. The standard InChI is InChI=1S/C26H28ClN3O4S/c1-20(26(32)28-2)29(17-16-21-10-5-3-6-11-21)25(31)19-30(23-13-9-12-22(27)18-23)35(33,34)24-14-7-4-8-15-24/h3-15,18,20H,16-17,19H2,1-2H3,(H,28,32)/t20-/m0/s1. The zero-order valence-corrected chi connectivity index (χ0v) is 21.2. The molecule has 9 heteroatoms. The minimum absolute atomic E-state index is 0.0444. The van der Waals surface area contributed by atoms with Gasteiger partial charge in [-0.3, -0.25) is 13.9 Å². The molecule has 0 bridgehead atoms. The molecule has 0 saturated heterocycles. The molecule has 0 aliphatic carbocycles. The number of sulfonamides is 1. The molecule has 7 nitrogen and oxygen atoms in total. The molecule has 1 atom stereocenters. The topological polar surface area (TPSA) is 86.8 Å². The minimum atomic E-state index is -4.09. The number of hydrogen-bond donors (Lipinski definition) is 1. The van der Waals surface area contributed by atoms with Crippen LogP contribution in [0.5, 0.6) is 0 Å². The van der Waals surface area contributed by atoms with Crippen LogP contribution >= 0.6 is 11.6 Å². The third-order valence-corrected chi connectivity index (χ3v) is 7.63. The van der Waals surface area contributed by atoms with E-state index in [1.807, 2.05) is 30.3 Å². The number of nitrogens with zero attached hydrogens (tertiary/aromatic N) is 2. The average Bonchev–Trinajstić information content (AvgIpc) is 2.87. The maximum Gasteiger partial charge on any atom is 0.264 e. The van der Waals surface area contributed by atoms with Crippen LogP contribution in [0.4, 0.5) is 5.69 Å². The van der Waals surface area contributed by atoms with Gasteiger partial charge in [-0.05, 0) is 49.2 Å². The Morgan fingerprint density at radius 2 is 1.57 bits per heavy atom. The number of hydrogen-bond acceptors (Lipinski definition) is 4. The fraction of sp³-hybridized carbons (Fsp3) is 0.231. The summed E-state index contributed by atoms with van der Waals surface area (Å²) in [6, 6.07) is 23.0. The van der Waals surface area contributed by atoms with Crippen LogP contribution in [-0.4, -0.2) is 51.3 Å². The van der Waals surface area contributed by atoms with Crippen molar-refractivity contribution in [3.63, 3.8) is 0 Å². The van der Waals surface area contributed by atoms with Gasteiger partial charge in [-0.2, -0.15) is 0 Å². The van der Waals surface area contributed by atoms with Crippen molar-refractivity contribution >= 4 is 39.1 Å². The number of rotatable bonds is 10. The Bertz CT molecular complexity index is 1250. The Morgan fingerprint density at radius 3 is 2.17 bits per heavy atom. The predicted molar refractivity (Wildman–Crippen MR) is 138 cm³/mol. The molecule has 0 heterocycles. The summed E-state index contributed by atoms with van der Waals surface area (Å²) < 4.78 is 28.2. The summed E-state index contributed by atoms with van der Waals surface area (Å²) in [5.41, 5.74) is 1.25. The van der Waals surface area contributed by atoms with E-state index in [1.54, 1.807) is 43.3 Å². The molecule has 35 heavy (non-hydrogen) atoms. The zero-order valence-electron chi connectivity index (χ0n) is 19.6. The highest BCUT2D eigenvalue weighted by Gasteiger charge is 2.32. The summed E-state index contributed by atoms with van der Waals surface area (Å²) in [6.45, 7) is 1.37. The molecule has 1 N–H and O–H groups in total. The van der Waals surface area contributed by atoms with Crippen LogP contribution in [0.3, 0.4) is 0 Å². The summed E-state index contributed by atoms with van der Waals surface area (Å²) in [5.74, 6) is -0.844. The number of carbonyl (C=O) groups excluding carboxylic acids is 2. The van der Waals surface area contributed by atoms with Crippen LogP contribution in [0.25, 0.3) is 0 Å². The molecular weight excluding hydrogens is 486 g/mol. The van der Waals surface area contributed by atoms with E-state index in [2.05, 4.69) is 5.32 Å². The highest BCUT2D eigenvalue weighted by Crippen LogP contribution is 2.26. The van der Waals surface area contributed by atoms with Crippen molar-refractivity contribution in [1.82, 2.24) is 10.2 Å². The quantitative estimate of drug-likeness (QED) is 0.447. The summed E-state index contributed by atoms with van der Waals surface area (Å²) in [4.78, 5) is 27.5. The maximum absolute atomic E-state index is 13.6. The van der Waals surface area contributed by atoms with Gasteiger partial charge in [0.1, 0.15) is 12.6 Å². The molecule has 0 fully saturated rings. The van der Waals surface area contributed by atoms with Gasteiger partial charge in [-0.1, -0.05) is 66.2 Å². The van der Waals surface area contributed by atoms with Gasteiger partial charge in [0.2, 0.25) is 11.8 Å². The molecule has 0 saturated carbocycles. The van der Waals surface area contributed by atoms with E-state index in [-0.39, 0.29) is 23.0 Å². The SMILES string of the molecule is CNC(=O)[C@H](C)N(CCc1ccccc1)C(=O)CN(c1cccc(Cl)c1)S(=O)(=O)c1ccccc1. The van der Waals surface area contributed by atoms with Crippen molar-refractivity contribution < 1.29 is 18.0 Å². The van der Waals surface area contributed by atoms with Crippen LogP contribution in [0.15, 0.2) is 89.8 Å². The van der Waals surface area contributed by atoms with Gasteiger partial charge in [0.25, 0.3) is 10.0 Å². The number of halogens is 1. The van der Waals surface area contributed by atoms with Crippen LogP contribution in [0, 0.1) is 0 Å². The van der Waals surface area contributed by atoms with E-state index < -0.39 is 28.5 Å². The van der Waals surface area contributed by atoms with E-state index in [0.29, 0.717) is 11.4 Å². The van der Waals surface area contributed by atoms with Crippen molar-refractivity contribution in [2.75, 3.05) is 24.4 Å². The number of anilines is 1. The van der Waals surface area contributed by atoms with Crippen LogP contribution < -0.4 is 9.62 Å². The molecule has 3 rings (SSSR count). The molecule has 184 valence electrons. The lowest BCUT2D eigenvalue weighted by Crippen LogP contribution is -2.51. The summed E-state index contributed by atoms with van der Waals surface area (Å²) in [5, 5.41) is 2.90. The molecule has 3 aromatic carbocycles. The highest BCUT2D eigenvalue weighted by molar-refractivity contribution is 7.92. The molecular formula is C26H28ClN3O4S. The third-order valence-electron chi connectivity index (χ3n) is 5.60. The molecule has 0 radical (unpaired) electrons. The van der Waals surface area contributed by atoms with Crippen molar-refractivity contribution in [3.8, 4) is 0 Å². The van der Waals surface area contributed by atoms with Gasteiger partial charge in [0.05, 0.1) is 10.6 Å². The van der Waals surface area contributed by atoms with E-state index in [9.17, 15) is 18.0 Å². The Kier molecular flexibility index (Phi) is 8.89. The van der Waals surface area contributed by atoms with Gasteiger partial charge in [0.15, 0.2) is 0 Å². The first kappa shape index (κ1) is 26.2. The molecule has 0 aliphatic rings. The third kappa shape index (κ3) is 6.61. The molecule has 0 aromatic heterocycles. The van der Waals surface area contributed by atoms with Crippen LogP contribution in [-0.2, 0) is 26.0 Å². The Balaban J connectivity index is 1.96. The van der Waals surface area contributed by atoms with Gasteiger partial charge in [-0.25, -0.2) is 8.42 Å². The Labute approximate surface area is 211 Å². The fourth-order valence-electron chi connectivity index (χ4n) is 3.66. The fourth-order valence-corrected chi connectivity index (χ4v) is 5.27. The maximum atomic E-state index is 13.6. The lowest BCUT2D eigenvalue weighted by atomic mass is 10.1. The van der Waals surface area contributed by atoms with Gasteiger partial charge < -0.3 is 10.2 Å². The lowest BCUT2D eigenvalue weighted by Gasteiger charge is -2.31. The normalized spacial score (nSPS) is 12.0. The van der Waals surface area contributed by atoms with Crippen molar-refractivity contribution in [1.29, 1.82) is 0 Å². The number of carbonyl (C=O) groups is 2. The monoisotopic (exact) mass is 513 g/mol. The zero-order chi connectivity index (χ0) is 25.4. The first-order valence-electron chi connectivity index (χ1n) is 11.1. The van der Waals surface area contributed by atoms with Crippen LogP contribution in [0.1, 0.15) is 12.5 Å². The molecule has 0 spiro atoms. The Morgan fingerprint density at radius 1 is 0.943 bits per heavy atom. The number of nitrogens with one attached hydrogen (secondary N) is 1. The summed E-state index contributed by atoms with van der Waals surface area (Å²) >= 11 is 6.14. The van der Waals surface area contributed by atoms with Gasteiger partial charge in [0, 0.05) is 18.6 Å². The number of amides is 2. The molecule has 2 amide bonds. The largest absolute Gasteiger partial charge is 0.357 e. The van der Waals surface area contributed by atoms with E-state index in [1.165, 1.54) is 30.1 Å². The van der Waals surface area contributed by atoms with E-state index >= 15 is 0 Å². The summed E-state index contributed by atoms with van der Waals surface area (Å²) in [6.07, 6.45) is 0.510. The number of likely N-dealkylation sites (N-methyl/N-ethyl adjacent to an activating group) is 1. The van der Waals surface area contributed by atoms with Crippen LogP contribution in [0.2, 0.25) is 5.02 Å². The summed E-state index contributed by atoms with van der Waals surface area (Å²) in [7, 11) is -2.59. The minimum Gasteiger partial charge on any atom is -0.357 e. The second-order valence-corrected chi connectivity index (χ2v) is 10.2. The predicted octanol–water partition coefficient (Wildman–Crippen LogP) is 3.74. The molecule has 3 aromatic rings. The van der Waals surface area contributed by atoms with Crippen molar-refractivity contribution in [3.05, 3.63) is 95.5 Å². The Hall–Kier alpha value is -3.36. The van der Waals surface area contributed by atoms with Crippen molar-refractivity contribution in [2.24, 2.45) is 0 Å². The average molecular weight is 514 g/mol. The van der Waals surface area contributed by atoms with Crippen molar-refractivity contribution in [2.45, 2.75) is 24.3 Å². The van der Waals surface area contributed by atoms with Gasteiger partial charge in [-0.15, -0.1) is 0 Å².